The molecular weight excluding hydrogens is 169 g/mol. The summed E-state index contributed by atoms with van der Waals surface area (Å²) in [6.45, 7) is 1.89. The monoisotopic (exact) mass is 177 g/mol. The molecule has 0 spiro atoms. The minimum absolute atomic E-state index is 0.312. The summed E-state index contributed by atoms with van der Waals surface area (Å²) < 4.78 is 18.2. The standard InChI is InChI=1S/C10H8FNO/c1-7-2-3-9(11)8(6-7)10-12-4-5-13-10/h2-6H,1H3. The van der Waals surface area contributed by atoms with E-state index in [1.54, 1.807) is 12.1 Å². The Bertz CT molecular complexity index is 409. The molecule has 0 saturated heterocycles. The van der Waals surface area contributed by atoms with Crippen molar-refractivity contribution in [3.05, 3.63) is 42.0 Å². The molecule has 0 radical (unpaired) electrons. The lowest BCUT2D eigenvalue weighted by atomic mass is 10.1. The first-order valence-corrected chi connectivity index (χ1v) is 3.93. The van der Waals surface area contributed by atoms with Gasteiger partial charge in [0, 0.05) is 0 Å². The van der Waals surface area contributed by atoms with Crippen molar-refractivity contribution in [2.24, 2.45) is 0 Å². The first-order valence-electron chi connectivity index (χ1n) is 3.93. The van der Waals surface area contributed by atoms with Gasteiger partial charge in [-0.2, -0.15) is 0 Å². The molecule has 1 heterocycles. The second-order valence-electron chi connectivity index (χ2n) is 2.82. The zero-order valence-corrected chi connectivity index (χ0v) is 7.12. The number of hydrogen-bond acceptors (Lipinski definition) is 2. The number of benzene rings is 1. The van der Waals surface area contributed by atoms with Gasteiger partial charge in [-0.15, -0.1) is 0 Å². The van der Waals surface area contributed by atoms with Crippen molar-refractivity contribution in [3.63, 3.8) is 0 Å². The largest absolute Gasteiger partial charge is 0.444 e. The first-order chi connectivity index (χ1) is 6.27. The molecule has 66 valence electrons. The topological polar surface area (TPSA) is 26.0 Å². The third-order valence-electron chi connectivity index (χ3n) is 1.78. The molecule has 0 bridgehead atoms. The predicted octanol–water partition coefficient (Wildman–Crippen LogP) is 2.79. The first kappa shape index (κ1) is 7.98. The van der Waals surface area contributed by atoms with E-state index in [-0.39, 0.29) is 5.82 Å². The third kappa shape index (κ3) is 1.45. The van der Waals surface area contributed by atoms with Crippen LogP contribution >= 0.6 is 0 Å². The molecule has 0 aliphatic heterocycles. The molecule has 0 amide bonds. The third-order valence-corrected chi connectivity index (χ3v) is 1.78. The lowest BCUT2D eigenvalue weighted by Gasteiger charge is -1.98. The highest BCUT2D eigenvalue weighted by molar-refractivity contribution is 5.54. The van der Waals surface area contributed by atoms with Crippen molar-refractivity contribution in [3.8, 4) is 11.5 Å². The fraction of sp³-hybridized carbons (Fsp3) is 0.100. The van der Waals surface area contributed by atoms with Crippen LogP contribution in [0.4, 0.5) is 4.39 Å². The molecule has 1 aromatic carbocycles. The van der Waals surface area contributed by atoms with Crippen LogP contribution in [0.15, 0.2) is 35.1 Å². The number of halogens is 1. The van der Waals surface area contributed by atoms with Crippen molar-refractivity contribution >= 4 is 0 Å². The van der Waals surface area contributed by atoms with Gasteiger partial charge in [0.05, 0.1) is 11.8 Å². The molecule has 1 aromatic heterocycles. The number of oxazole rings is 1. The predicted molar refractivity (Wildman–Crippen MR) is 46.6 cm³/mol. The fourth-order valence-electron chi connectivity index (χ4n) is 1.16. The molecule has 0 fully saturated rings. The minimum atomic E-state index is -0.312. The van der Waals surface area contributed by atoms with Crippen molar-refractivity contribution in [2.45, 2.75) is 6.92 Å². The number of aryl methyl sites for hydroxylation is 1. The quantitative estimate of drug-likeness (QED) is 0.669. The van der Waals surface area contributed by atoms with Crippen LogP contribution in [-0.2, 0) is 0 Å². The molecule has 2 rings (SSSR count). The van der Waals surface area contributed by atoms with Crippen LogP contribution in [0, 0.1) is 12.7 Å². The molecule has 0 unspecified atom stereocenters. The Balaban J connectivity index is 2.57. The highest BCUT2D eigenvalue weighted by Crippen LogP contribution is 2.21. The summed E-state index contributed by atoms with van der Waals surface area (Å²) in [4.78, 5) is 3.88. The molecule has 0 aliphatic rings. The summed E-state index contributed by atoms with van der Waals surface area (Å²) in [5.74, 6) is 0.00856. The molecule has 0 saturated carbocycles. The van der Waals surface area contributed by atoms with E-state index < -0.39 is 0 Å². The Hall–Kier alpha value is -1.64. The Kier molecular flexibility index (Phi) is 1.85. The molecule has 0 aliphatic carbocycles. The van der Waals surface area contributed by atoms with Crippen LogP contribution in [0.5, 0.6) is 0 Å². The molecule has 0 N–H and O–H groups in total. The smallest absolute Gasteiger partial charge is 0.228 e. The van der Waals surface area contributed by atoms with E-state index in [9.17, 15) is 4.39 Å². The second kappa shape index (κ2) is 3.01. The summed E-state index contributed by atoms with van der Waals surface area (Å²) in [6, 6.07) is 4.83. The second-order valence-corrected chi connectivity index (χ2v) is 2.82. The van der Waals surface area contributed by atoms with E-state index in [2.05, 4.69) is 4.98 Å². The fourth-order valence-corrected chi connectivity index (χ4v) is 1.16. The van der Waals surface area contributed by atoms with Crippen molar-refractivity contribution in [2.75, 3.05) is 0 Å². The van der Waals surface area contributed by atoms with Crippen LogP contribution in [0.25, 0.3) is 11.5 Å². The molecule has 13 heavy (non-hydrogen) atoms. The highest BCUT2D eigenvalue weighted by Gasteiger charge is 2.08. The summed E-state index contributed by atoms with van der Waals surface area (Å²) in [5, 5.41) is 0. The Morgan fingerprint density at radius 2 is 2.23 bits per heavy atom. The molecule has 2 nitrogen and oxygen atoms in total. The minimum Gasteiger partial charge on any atom is -0.444 e. The SMILES string of the molecule is Cc1ccc(F)c(-c2ncco2)c1. The molecule has 3 heteroatoms. The van der Waals surface area contributed by atoms with Gasteiger partial charge in [-0.05, 0) is 19.1 Å². The van der Waals surface area contributed by atoms with Crippen LogP contribution in [0.2, 0.25) is 0 Å². The Labute approximate surface area is 75.0 Å². The average molecular weight is 177 g/mol. The Morgan fingerprint density at radius 1 is 1.38 bits per heavy atom. The van der Waals surface area contributed by atoms with Gasteiger partial charge in [0.1, 0.15) is 12.1 Å². The van der Waals surface area contributed by atoms with E-state index in [1.807, 2.05) is 6.92 Å². The number of hydrogen-bond donors (Lipinski definition) is 0. The lowest BCUT2D eigenvalue weighted by molar-refractivity contribution is 0.562. The maximum Gasteiger partial charge on any atom is 0.228 e. The van der Waals surface area contributed by atoms with Crippen LogP contribution < -0.4 is 0 Å². The van der Waals surface area contributed by atoms with Gasteiger partial charge < -0.3 is 4.42 Å². The van der Waals surface area contributed by atoms with Crippen molar-refractivity contribution < 1.29 is 8.81 Å². The number of nitrogens with zero attached hydrogens (tertiary/aromatic N) is 1. The van der Waals surface area contributed by atoms with Crippen LogP contribution in [0.3, 0.4) is 0 Å². The van der Waals surface area contributed by atoms with Crippen LogP contribution in [0.1, 0.15) is 5.56 Å². The van der Waals surface area contributed by atoms with E-state index in [4.69, 9.17) is 4.42 Å². The van der Waals surface area contributed by atoms with E-state index in [1.165, 1.54) is 18.5 Å². The van der Waals surface area contributed by atoms with Gasteiger partial charge in [-0.3, -0.25) is 0 Å². The van der Waals surface area contributed by atoms with E-state index >= 15 is 0 Å². The zero-order chi connectivity index (χ0) is 9.26. The maximum atomic E-state index is 13.2. The summed E-state index contributed by atoms with van der Waals surface area (Å²) in [6.07, 6.45) is 2.92. The van der Waals surface area contributed by atoms with E-state index in [0.29, 0.717) is 11.5 Å². The van der Waals surface area contributed by atoms with E-state index in [0.717, 1.165) is 5.56 Å². The van der Waals surface area contributed by atoms with Gasteiger partial charge in [-0.25, -0.2) is 9.37 Å². The summed E-state index contributed by atoms with van der Waals surface area (Å²) >= 11 is 0. The molecule has 2 aromatic rings. The Morgan fingerprint density at radius 3 is 2.92 bits per heavy atom. The van der Waals surface area contributed by atoms with Gasteiger partial charge in [0.2, 0.25) is 5.89 Å². The highest BCUT2D eigenvalue weighted by atomic mass is 19.1. The van der Waals surface area contributed by atoms with Crippen LogP contribution in [-0.4, -0.2) is 4.98 Å². The van der Waals surface area contributed by atoms with Gasteiger partial charge >= 0.3 is 0 Å². The maximum absolute atomic E-state index is 13.2. The van der Waals surface area contributed by atoms with Gasteiger partial charge in [-0.1, -0.05) is 11.6 Å². The van der Waals surface area contributed by atoms with Gasteiger partial charge in [0.25, 0.3) is 0 Å². The molecular formula is C10H8FNO. The van der Waals surface area contributed by atoms with Crippen molar-refractivity contribution in [1.82, 2.24) is 4.98 Å². The average Bonchev–Trinajstić information content (AvgIpc) is 2.61. The van der Waals surface area contributed by atoms with Gasteiger partial charge in [0.15, 0.2) is 0 Å². The summed E-state index contributed by atoms with van der Waals surface area (Å²) in [7, 11) is 0. The summed E-state index contributed by atoms with van der Waals surface area (Å²) in [5.41, 5.74) is 1.39. The number of rotatable bonds is 1. The molecule has 0 atom stereocenters. The lowest BCUT2D eigenvalue weighted by Crippen LogP contribution is -1.85. The number of aromatic nitrogens is 1. The van der Waals surface area contributed by atoms with Crippen molar-refractivity contribution in [1.29, 1.82) is 0 Å². The zero-order valence-electron chi connectivity index (χ0n) is 7.12. The normalized spacial score (nSPS) is 10.3.